The van der Waals surface area contributed by atoms with Crippen LogP contribution in [-0.2, 0) is 11.3 Å². The number of benzene rings is 1. The van der Waals surface area contributed by atoms with E-state index < -0.39 is 0 Å². The first-order valence-electron chi connectivity index (χ1n) is 6.95. The molecule has 1 aliphatic heterocycles. The maximum atomic E-state index is 9.73. The highest BCUT2D eigenvalue weighted by Gasteiger charge is 2.16. The average molecular weight is 295 g/mol. The number of hydrogen-bond acceptors (Lipinski definition) is 3. The fourth-order valence-electron chi connectivity index (χ4n) is 2.67. The maximum Gasteiger partial charge on any atom is 0.0900 e. The van der Waals surface area contributed by atoms with Gasteiger partial charge in [-0.3, -0.25) is 4.90 Å². The molecule has 1 aromatic heterocycles. The number of aliphatic hydroxyl groups is 1. The van der Waals surface area contributed by atoms with Gasteiger partial charge in [-0.15, -0.1) is 0 Å². The van der Waals surface area contributed by atoms with Crippen molar-refractivity contribution in [1.29, 1.82) is 0 Å². The first-order valence-corrected chi connectivity index (χ1v) is 7.33. The van der Waals surface area contributed by atoms with Crippen LogP contribution in [0.3, 0.4) is 0 Å². The Balaban J connectivity index is 1.67. The van der Waals surface area contributed by atoms with Gasteiger partial charge < -0.3 is 14.4 Å². The second-order valence-electron chi connectivity index (χ2n) is 5.24. The molecular formula is C15H19ClN2O2. The summed E-state index contributed by atoms with van der Waals surface area (Å²) in [4.78, 5) is 2.25. The molecule has 0 spiro atoms. The number of ether oxygens (including phenoxy) is 1. The molecule has 1 fully saturated rings. The number of aliphatic hydroxyl groups excluding tert-OH is 1. The van der Waals surface area contributed by atoms with Crippen molar-refractivity contribution < 1.29 is 9.84 Å². The molecule has 0 bridgehead atoms. The summed E-state index contributed by atoms with van der Waals surface area (Å²) < 4.78 is 7.57. The highest BCUT2D eigenvalue weighted by Crippen LogP contribution is 2.20. The van der Waals surface area contributed by atoms with Crippen LogP contribution in [0.15, 0.2) is 30.5 Å². The zero-order valence-electron chi connectivity index (χ0n) is 11.3. The van der Waals surface area contributed by atoms with Crippen molar-refractivity contribution in [3.8, 4) is 0 Å². The zero-order valence-corrected chi connectivity index (χ0v) is 12.1. The lowest BCUT2D eigenvalue weighted by Crippen LogP contribution is -2.34. The Hall–Kier alpha value is -1.07. The van der Waals surface area contributed by atoms with E-state index in [1.807, 2.05) is 12.1 Å². The molecule has 0 aliphatic carbocycles. The second-order valence-corrected chi connectivity index (χ2v) is 5.68. The fraction of sp³-hybridized carbons (Fsp3) is 0.467. The summed E-state index contributed by atoms with van der Waals surface area (Å²) in [5.74, 6) is 0. The van der Waals surface area contributed by atoms with E-state index in [0.717, 1.165) is 30.0 Å². The van der Waals surface area contributed by atoms with Crippen LogP contribution in [0.1, 0.15) is 0 Å². The molecule has 1 saturated heterocycles. The lowest BCUT2D eigenvalue weighted by atomic mass is 10.2. The monoisotopic (exact) mass is 294 g/mol. The largest absolute Gasteiger partial charge is 0.389 e. The smallest absolute Gasteiger partial charge is 0.0900 e. The Bertz CT molecular complexity index is 584. The standard InChI is InChI=1S/C15H19ClN2O2/c16-13-1-2-15-12(9-13)3-4-18(15)6-5-17-7-8-20-11-14(19)10-17/h1-4,9,14,19H,5-8,10-11H2/t14-/m0/s1. The van der Waals surface area contributed by atoms with Crippen molar-refractivity contribution in [3.05, 3.63) is 35.5 Å². The van der Waals surface area contributed by atoms with Crippen LogP contribution >= 0.6 is 11.6 Å². The summed E-state index contributed by atoms with van der Waals surface area (Å²) in [5, 5.41) is 11.7. The maximum absolute atomic E-state index is 9.73. The Kier molecular flexibility index (Phi) is 4.27. The van der Waals surface area contributed by atoms with Gasteiger partial charge >= 0.3 is 0 Å². The van der Waals surface area contributed by atoms with Crippen LogP contribution < -0.4 is 0 Å². The van der Waals surface area contributed by atoms with Gasteiger partial charge in [0.15, 0.2) is 0 Å². The van der Waals surface area contributed by atoms with Gasteiger partial charge in [0.1, 0.15) is 0 Å². The summed E-state index contributed by atoms with van der Waals surface area (Å²) in [7, 11) is 0. The van der Waals surface area contributed by atoms with E-state index in [2.05, 4.69) is 27.8 Å². The van der Waals surface area contributed by atoms with Crippen LogP contribution in [0, 0.1) is 0 Å². The molecule has 0 unspecified atom stereocenters. The molecule has 2 heterocycles. The Labute approximate surface area is 123 Å². The van der Waals surface area contributed by atoms with Crippen LogP contribution in [0.2, 0.25) is 5.02 Å². The summed E-state index contributed by atoms with van der Waals surface area (Å²) in [6.45, 7) is 4.51. The second kappa shape index (κ2) is 6.14. The van der Waals surface area contributed by atoms with Crippen LogP contribution in [0.4, 0.5) is 0 Å². The van der Waals surface area contributed by atoms with Crippen LogP contribution in [0.5, 0.6) is 0 Å². The average Bonchev–Trinajstić information content (AvgIpc) is 2.70. The van der Waals surface area contributed by atoms with E-state index in [-0.39, 0.29) is 6.10 Å². The minimum absolute atomic E-state index is 0.377. The minimum Gasteiger partial charge on any atom is -0.389 e. The number of fused-ring (bicyclic) bond motifs is 1. The molecule has 1 atom stereocenters. The molecule has 4 nitrogen and oxygen atoms in total. The lowest BCUT2D eigenvalue weighted by Gasteiger charge is -2.21. The molecule has 1 N–H and O–H groups in total. The zero-order chi connectivity index (χ0) is 13.9. The number of hydrogen-bond donors (Lipinski definition) is 1. The molecular weight excluding hydrogens is 276 g/mol. The predicted molar refractivity (Wildman–Crippen MR) is 80.2 cm³/mol. The highest BCUT2D eigenvalue weighted by atomic mass is 35.5. The van der Waals surface area contributed by atoms with Crippen molar-refractivity contribution in [1.82, 2.24) is 9.47 Å². The van der Waals surface area contributed by atoms with Gasteiger partial charge in [0.05, 0.1) is 19.3 Å². The van der Waals surface area contributed by atoms with Gasteiger partial charge in [0, 0.05) is 48.3 Å². The first-order chi connectivity index (χ1) is 9.72. The van der Waals surface area contributed by atoms with Crippen molar-refractivity contribution in [2.45, 2.75) is 12.6 Å². The first kappa shape index (κ1) is 13.9. The van der Waals surface area contributed by atoms with E-state index in [1.54, 1.807) is 0 Å². The summed E-state index contributed by atoms with van der Waals surface area (Å²) in [6.07, 6.45) is 1.71. The van der Waals surface area contributed by atoms with Crippen molar-refractivity contribution in [2.24, 2.45) is 0 Å². The number of rotatable bonds is 3. The third-order valence-electron chi connectivity index (χ3n) is 3.72. The van der Waals surface area contributed by atoms with E-state index >= 15 is 0 Å². The molecule has 0 radical (unpaired) electrons. The molecule has 1 aromatic carbocycles. The fourth-order valence-corrected chi connectivity index (χ4v) is 2.85. The highest BCUT2D eigenvalue weighted by molar-refractivity contribution is 6.31. The summed E-state index contributed by atoms with van der Waals surface area (Å²) >= 11 is 6.00. The van der Waals surface area contributed by atoms with E-state index in [0.29, 0.717) is 19.8 Å². The quantitative estimate of drug-likeness (QED) is 0.941. The number of aromatic nitrogens is 1. The molecule has 108 valence electrons. The van der Waals surface area contributed by atoms with Gasteiger partial charge in [0.2, 0.25) is 0 Å². The molecule has 0 saturated carbocycles. The number of halogens is 1. The normalized spacial score (nSPS) is 21.2. The van der Waals surface area contributed by atoms with E-state index in [9.17, 15) is 5.11 Å². The topological polar surface area (TPSA) is 37.6 Å². The van der Waals surface area contributed by atoms with E-state index in [4.69, 9.17) is 16.3 Å². The molecule has 5 heteroatoms. The Morgan fingerprint density at radius 1 is 1.30 bits per heavy atom. The molecule has 20 heavy (non-hydrogen) atoms. The van der Waals surface area contributed by atoms with Crippen LogP contribution in [0.25, 0.3) is 10.9 Å². The Morgan fingerprint density at radius 3 is 3.10 bits per heavy atom. The van der Waals surface area contributed by atoms with Crippen molar-refractivity contribution >= 4 is 22.5 Å². The van der Waals surface area contributed by atoms with Crippen molar-refractivity contribution in [3.63, 3.8) is 0 Å². The predicted octanol–water partition coefficient (Wildman–Crippen LogP) is 1.99. The number of β-amino-alcohol motifs (C(OH)–C–C–N with tert-alkyl or cyclic N) is 1. The number of nitrogens with zero attached hydrogens (tertiary/aromatic N) is 2. The summed E-state index contributed by atoms with van der Waals surface area (Å²) in [5.41, 5.74) is 1.20. The summed E-state index contributed by atoms with van der Waals surface area (Å²) in [6, 6.07) is 8.04. The van der Waals surface area contributed by atoms with Gasteiger partial charge in [-0.1, -0.05) is 11.6 Å². The van der Waals surface area contributed by atoms with Gasteiger partial charge in [0.25, 0.3) is 0 Å². The van der Waals surface area contributed by atoms with Gasteiger partial charge in [-0.25, -0.2) is 0 Å². The third-order valence-corrected chi connectivity index (χ3v) is 3.96. The van der Waals surface area contributed by atoms with Crippen LogP contribution in [-0.4, -0.2) is 53.5 Å². The Morgan fingerprint density at radius 2 is 2.20 bits per heavy atom. The SMILES string of the molecule is O[C@@H]1COCCN(CCn2ccc3cc(Cl)ccc32)C1. The molecule has 0 amide bonds. The molecule has 1 aliphatic rings. The third kappa shape index (κ3) is 3.15. The lowest BCUT2D eigenvalue weighted by molar-refractivity contribution is 0.0564. The van der Waals surface area contributed by atoms with Crippen molar-refractivity contribution in [2.75, 3.05) is 32.8 Å². The molecule has 3 rings (SSSR count). The van der Waals surface area contributed by atoms with Gasteiger partial charge in [-0.05, 0) is 24.3 Å². The minimum atomic E-state index is -0.377. The van der Waals surface area contributed by atoms with E-state index in [1.165, 1.54) is 5.52 Å². The molecule has 2 aromatic rings. The van der Waals surface area contributed by atoms with Gasteiger partial charge in [-0.2, -0.15) is 0 Å².